The minimum atomic E-state index is -5.22. The number of hydrogen-bond donors (Lipinski definition) is 2. The minimum Gasteiger partial charge on any atom is -0.755 e. The van der Waals surface area contributed by atoms with Crippen LogP contribution in [0.1, 0.15) is 66.1 Å². The van der Waals surface area contributed by atoms with Crippen molar-refractivity contribution in [3.05, 3.63) is 93.0 Å². The number of aromatic nitrogens is 5. The number of rotatable bonds is 16. The lowest BCUT2D eigenvalue weighted by Gasteiger charge is -2.27. The number of hydrogen-bond acceptors (Lipinski definition) is 11. The lowest BCUT2D eigenvalue weighted by atomic mass is 9.93. The fraction of sp³-hybridized carbons (Fsp3) is 0.457. The van der Waals surface area contributed by atoms with E-state index in [0.717, 1.165) is 30.5 Å². The van der Waals surface area contributed by atoms with Crippen molar-refractivity contribution in [3.63, 3.8) is 0 Å². The molecule has 4 atom stereocenters. The van der Waals surface area contributed by atoms with Gasteiger partial charge in [0.1, 0.15) is 47.4 Å². The van der Waals surface area contributed by atoms with Gasteiger partial charge in [0.15, 0.2) is 21.3 Å². The van der Waals surface area contributed by atoms with E-state index in [4.69, 9.17) is 16.3 Å². The lowest BCUT2D eigenvalue weighted by Crippen LogP contribution is -2.44. The predicted octanol–water partition coefficient (Wildman–Crippen LogP) is 6.34. The summed E-state index contributed by atoms with van der Waals surface area (Å²) in [5.74, 6) is -6.59. The van der Waals surface area contributed by atoms with Gasteiger partial charge >= 0.3 is 12.4 Å². The van der Waals surface area contributed by atoms with E-state index in [1.165, 1.54) is 26.0 Å². The quantitative estimate of drug-likeness (QED) is 0.0636. The van der Waals surface area contributed by atoms with Crippen LogP contribution in [0.3, 0.4) is 0 Å². The maximum absolute atomic E-state index is 15.6. The average Bonchev–Trinajstić information content (AvgIpc) is 3.81. The number of sulfone groups is 1. The largest absolute Gasteiger partial charge is 0.755 e. The van der Waals surface area contributed by atoms with Gasteiger partial charge in [-0.2, -0.15) is 45.3 Å². The summed E-state index contributed by atoms with van der Waals surface area (Å²) < 4.78 is 203. The van der Waals surface area contributed by atoms with Crippen LogP contribution in [0.4, 0.5) is 49.7 Å². The highest BCUT2D eigenvalue weighted by atomic mass is 35.5. The number of carbonyl (C=O) groups excluding carboxylic acids is 2. The Bertz CT molecular complexity index is 3260. The summed E-state index contributed by atoms with van der Waals surface area (Å²) in [5, 5.41) is 11.6. The van der Waals surface area contributed by atoms with Gasteiger partial charge in [-0.3, -0.25) is 32.4 Å². The molecule has 2 unspecified atom stereocenters. The van der Waals surface area contributed by atoms with Gasteiger partial charge in [0.25, 0.3) is 5.92 Å². The zero-order valence-electron chi connectivity index (χ0n) is 39.5. The summed E-state index contributed by atoms with van der Waals surface area (Å²) in [7, 11) is -3.90. The zero-order chi connectivity index (χ0) is 54.7. The molecule has 2 amide bonds. The first kappa shape index (κ1) is 55.4. The second-order valence-electron chi connectivity index (χ2n) is 18.6. The van der Waals surface area contributed by atoms with E-state index in [9.17, 15) is 61.9 Å². The van der Waals surface area contributed by atoms with Gasteiger partial charge in [-0.25, -0.2) is 22.2 Å². The molecule has 3 aromatic heterocycles. The first-order valence-corrected chi connectivity index (χ1v) is 26.0. The average molecular weight is 1120 g/mol. The molecule has 2 N–H and O–H groups in total. The number of carbonyl (C=O) groups is 2. The molecule has 4 heterocycles. The molecule has 0 radical (unpaired) electrons. The van der Waals surface area contributed by atoms with E-state index in [2.05, 4.69) is 37.7 Å². The number of amides is 2. The van der Waals surface area contributed by atoms with Gasteiger partial charge in [-0.1, -0.05) is 23.6 Å². The van der Waals surface area contributed by atoms with Crippen LogP contribution < -0.4 is 14.9 Å². The van der Waals surface area contributed by atoms with Gasteiger partial charge in [0.2, 0.25) is 11.8 Å². The van der Waals surface area contributed by atoms with Gasteiger partial charge < -0.3 is 19.9 Å². The number of alkyl halides is 8. The number of nitrogens with one attached hydrogen (secondary N) is 2. The molecule has 5 aromatic rings. The van der Waals surface area contributed by atoms with Crippen molar-refractivity contribution in [1.29, 1.82) is 0 Å². The second-order valence-corrected chi connectivity index (χ2v) is 22.4. The van der Waals surface area contributed by atoms with Crippen molar-refractivity contribution in [3.8, 4) is 23.0 Å². The van der Waals surface area contributed by atoms with Crippen LogP contribution in [-0.4, -0.2) is 122 Å². The van der Waals surface area contributed by atoms with Crippen LogP contribution in [0.15, 0.2) is 42.5 Å². The fourth-order valence-electron chi connectivity index (χ4n) is 9.00. The van der Waals surface area contributed by atoms with Crippen molar-refractivity contribution in [1.82, 2.24) is 40.1 Å². The molecule has 29 heteroatoms. The molecule has 16 nitrogen and oxygen atoms in total. The Morgan fingerprint density at radius 3 is 2.29 bits per heavy atom. The van der Waals surface area contributed by atoms with E-state index >= 15 is 8.78 Å². The first-order chi connectivity index (χ1) is 34.9. The molecule has 1 saturated heterocycles. The van der Waals surface area contributed by atoms with Crippen molar-refractivity contribution in [2.45, 2.75) is 74.8 Å². The number of nitrogens with zero attached hydrogens (tertiary/aromatic N) is 7. The third-order valence-electron chi connectivity index (χ3n) is 12.9. The van der Waals surface area contributed by atoms with E-state index in [-0.39, 0.29) is 45.1 Å². The van der Waals surface area contributed by atoms with E-state index in [0.29, 0.717) is 47.9 Å². The van der Waals surface area contributed by atoms with E-state index in [1.807, 2.05) is 4.90 Å². The number of pyridine rings is 1. The number of ether oxygens (including phenoxy) is 1. The summed E-state index contributed by atoms with van der Waals surface area (Å²) in [6.07, 6.45) is -10.4. The predicted molar refractivity (Wildman–Crippen MR) is 249 cm³/mol. The topological polar surface area (TPSA) is 197 Å². The summed E-state index contributed by atoms with van der Waals surface area (Å²) in [6.45, 7) is 0.694. The third kappa shape index (κ3) is 11.9. The van der Waals surface area contributed by atoms with Gasteiger partial charge in [0.05, 0.1) is 40.9 Å². The third-order valence-corrected chi connectivity index (χ3v) is 15.8. The molecular formula is C46H43ClF10N9O7S2-. The second kappa shape index (κ2) is 20.6. The highest BCUT2D eigenvalue weighted by molar-refractivity contribution is 7.92. The summed E-state index contributed by atoms with van der Waals surface area (Å²) in [5.41, 5.74) is -5.59. The van der Waals surface area contributed by atoms with Crippen LogP contribution in [0.5, 0.6) is 0 Å². The summed E-state index contributed by atoms with van der Waals surface area (Å²) in [4.78, 5) is 34.0. The van der Waals surface area contributed by atoms with Gasteiger partial charge in [-0.05, 0) is 74.4 Å². The van der Waals surface area contributed by atoms with Gasteiger partial charge in [-0.15, -0.1) is 0 Å². The van der Waals surface area contributed by atoms with Crippen LogP contribution in [-0.2, 0) is 67.0 Å². The summed E-state index contributed by atoms with van der Waals surface area (Å²) >= 11 is 3.26. The van der Waals surface area contributed by atoms with Crippen LogP contribution in [0.25, 0.3) is 22.0 Å². The molecule has 8 rings (SSSR count). The Morgan fingerprint density at radius 2 is 1.67 bits per heavy atom. The Morgan fingerprint density at radius 1 is 1.00 bits per heavy atom. The smallest absolute Gasteiger partial charge is 0.435 e. The highest BCUT2D eigenvalue weighted by Crippen LogP contribution is 2.68. The van der Waals surface area contributed by atoms with E-state index in [1.54, 1.807) is 0 Å². The zero-order valence-corrected chi connectivity index (χ0v) is 41.9. The SMILES string of the molecule is CC(C)(C#Cc1ccc(-c2ccc(Cl)c3c(N(CC(=O)NCCN4CCOCC4)S(=O)[O-])nn(CC(F)(F)F)c23)c(C(Cc2cc(F)cc(F)c2)NC(=O)Cn2nc(C(F)(F)F)c3c2C(F)(F)[C@@H]2C[C@H]32)n1)S(C)(=O)=O. The fourth-order valence-corrected chi connectivity index (χ4v) is 9.96. The molecule has 2 aromatic carbocycles. The molecule has 1 saturated carbocycles. The minimum absolute atomic E-state index is 0.0420. The Kier molecular flexibility index (Phi) is 15.2. The monoisotopic (exact) mass is 1120 g/mol. The van der Waals surface area contributed by atoms with Crippen molar-refractivity contribution in [2.75, 3.05) is 56.5 Å². The van der Waals surface area contributed by atoms with Gasteiger partial charge in [0, 0.05) is 72.4 Å². The Balaban J connectivity index is 1.29. The van der Waals surface area contributed by atoms with Crippen LogP contribution >= 0.6 is 11.6 Å². The molecule has 2 aliphatic carbocycles. The summed E-state index contributed by atoms with van der Waals surface area (Å²) in [6, 6.07) is 5.02. The van der Waals surface area contributed by atoms with Crippen LogP contribution in [0.2, 0.25) is 5.02 Å². The molecular weight excluding hydrogens is 1080 g/mol. The standard InChI is InChI=1S/C46H44ClF10N9O7S2/c1-43(2,75(3,71)72)9-8-27-4-5-28(29-6-7-32(47)37-39(29)65(23-44(50,51)52)62-42(37)66(74(69)70)22-34(67)58-10-11-63-12-14-73-15-13-63)38(59-27)33(18-24-16-25(48)19-26(49)17-24)60-35(68)21-64-41-36(40(61-64)46(55,56)57)30-20-31(30)45(41,53)54/h4-7,16-17,19,30-31,33H,10-15,18,20-23H2,1-3H3,(H,58,67)(H,60,68)(H,69,70)/p-1/t30-,31+,33?/m0/s1. The lowest BCUT2D eigenvalue weighted by molar-refractivity contribution is -0.143. The maximum atomic E-state index is 15.6. The van der Waals surface area contributed by atoms with Crippen molar-refractivity contribution < 1.29 is 75.4 Å². The molecule has 0 spiro atoms. The molecule has 1 aliphatic heterocycles. The molecule has 0 bridgehead atoms. The number of fused-ring (bicyclic) bond motifs is 4. The normalized spacial score (nSPS) is 18.4. The van der Waals surface area contributed by atoms with E-state index < -0.39 is 151 Å². The molecule has 75 heavy (non-hydrogen) atoms. The molecule has 404 valence electrons. The molecule has 2 fully saturated rings. The number of morpholine rings is 1. The number of benzene rings is 2. The highest BCUT2D eigenvalue weighted by Gasteiger charge is 2.68. The van der Waals surface area contributed by atoms with Crippen LogP contribution in [0, 0.1) is 29.4 Å². The number of halogens is 11. The van der Waals surface area contributed by atoms with Crippen molar-refractivity contribution >= 4 is 61.2 Å². The maximum Gasteiger partial charge on any atom is 0.435 e. The Labute approximate surface area is 428 Å². The Hall–Kier alpha value is -5.86. The number of anilines is 1. The molecule has 3 aliphatic rings. The first-order valence-electron chi connectivity index (χ1n) is 22.7. The van der Waals surface area contributed by atoms with Crippen molar-refractivity contribution in [2.24, 2.45) is 5.92 Å².